The van der Waals surface area contributed by atoms with Crippen LogP contribution in [0.5, 0.6) is 0 Å². The zero-order chi connectivity index (χ0) is 12.4. The summed E-state index contributed by atoms with van der Waals surface area (Å²) in [4.78, 5) is 21.7. The number of carboxylic acid groups (broad SMARTS) is 1. The summed E-state index contributed by atoms with van der Waals surface area (Å²) < 4.78 is 0. The Morgan fingerprint density at radius 1 is 1.50 bits per heavy atom. The van der Waals surface area contributed by atoms with E-state index in [0.717, 1.165) is 4.91 Å². The Kier molecular flexibility index (Phi) is 8.52. The van der Waals surface area contributed by atoms with Crippen LogP contribution in [0.4, 0.5) is 0 Å². The minimum atomic E-state index is -0.790. The Balaban J connectivity index is 4.29. The lowest BCUT2D eigenvalue weighted by Gasteiger charge is -2.03. The van der Waals surface area contributed by atoms with Gasteiger partial charge in [-0.1, -0.05) is 19.1 Å². The predicted molar refractivity (Wildman–Crippen MR) is 67.3 cm³/mol. The van der Waals surface area contributed by atoms with Gasteiger partial charge in [-0.25, -0.2) is 0 Å². The first-order valence-corrected chi connectivity index (χ1v) is 6.18. The molecule has 0 saturated heterocycles. The molecule has 0 unspecified atom stereocenters. The van der Waals surface area contributed by atoms with E-state index in [0.29, 0.717) is 24.3 Å². The lowest BCUT2D eigenvalue weighted by molar-refractivity contribution is -0.137. The molecule has 0 saturated carbocycles. The van der Waals surface area contributed by atoms with Crippen LogP contribution in [0.25, 0.3) is 0 Å². The third kappa shape index (κ3) is 6.40. The molecular formula is C11H17NO3S. The van der Waals surface area contributed by atoms with Crippen LogP contribution in [-0.4, -0.2) is 16.8 Å². The number of carbonyl (C=O) groups is 1. The van der Waals surface area contributed by atoms with E-state index in [9.17, 15) is 9.70 Å². The second kappa shape index (κ2) is 9.15. The molecule has 0 aliphatic heterocycles. The van der Waals surface area contributed by atoms with E-state index in [1.54, 1.807) is 0 Å². The quantitative estimate of drug-likeness (QED) is 0.402. The number of carboxylic acids is 1. The molecule has 0 aliphatic carbocycles. The number of hydrogen-bond donors (Lipinski definition) is 1. The monoisotopic (exact) mass is 243 g/mol. The molecule has 0 spiro atoms. The minimum Gasteiger partial charge on any atom is -0.481 e. The number of thioether (sulfide) groups is 1. The maximum absolute atomic E-state index is 10.5. The maximum Gasteiger partial charge on any atom is 0.303 e. The number of rotatable bonds is 8. The molecule has 0 atom stereocenters. The van der Waals surface area contributed by atoms with Gasteiger partial charge >= 0.3 is 5.97 Å². The lowest BCUT2D eigenvalue weighted by Crippen LogP contribution is -1.95. The van der Waals surface area contributed by atoms with Crippen LogP contribution in [-0.2, 0) is 4.79 Å². The van der Waals surface area contributed by atoms with Crippen LogP contribution in [0, 0.1) is 4.91 Å². The molecule has 4 nitrogen and oxygen atoms in total. The number of hydrogen-bond acceptors (Lipinski definition) is 4. The van der Waals surface area contributed by atoms with Crippen molar-refractivity contribution in [1.82, 2.24) is 0 Å². The van der Waals surface area contributed by atoms with Gasteiger partial charge in [-0.15, -0.1) is 16.7 Å². The average Bonchev–Trinajstić information content (AvgIpc) is 2.25. The maximum atomic E-state index is 10.5. The summed E-state index contributed by atoms with van der Waals surface area (Å²) in [6.45, 7) is 3.74. The summed E-state index contributed by atoms with van der Waals surface area (Å²) in [6, 6.07) is 0. The van der Waals surface area contributed by atoms with Crippen molar-refractivity contribution in [2.75, 3.05) is 5.75 Å². The Labute approximate surface area is 99.8 Å². The SMILES string of the molecule is C/C=C\C(SCCCC(=O)O)=C(/CC)N=O. The van der Waals surface area contributed by atoms with E-state index >= 15 is 0 Å². The van der Waals surface area contributed by atoms with E-state index in [4.69, 9.17) is 5.11 Å². The van der Waals surface area contributed by atoms with E-state index in [2.05, 4.69) is 5.18 Å². The van der Waals surface area contributed by atoms with Crippen LogP contribution in [0.1, 0.15) is 33.1 Å². The average molecular weight is 243 g/mol. The van der Waals surface area contributed by atoms with Gasteiger partial charge in [0.2, 0.25) is 0 Å². The first kappa shape index (κ1) is 14.9. The predicted octanol–water partition coefficient (Wildman–Crippen LogP) is 3.55. The van der Waals surface area contributed by atoms with Gasteiger partial charge in [0.05, 0.1) is 5.70 Å². The topological polar surface area (TPSA) is 66.7 Å². The Morgan fingerprint density at radius 3 is 2.62 bits per heavy atom. The Bertz CT molecular complexity index is 298. The highest BCUT2D eigenvalue weighted by molar-refractivity contribution is 8.03. The molecule has 90 valence electrons. The van der Waals surface area contributed by atoms with Crippen molar-refractivity contribution in [3.05, 3.63) is 27.7 Å². The second-order valence-electron chi connectivity index (χ2n) is 3.10. The molecule has 0 aromatic carbocycles. The molecular weight excluding hydrogens is 226 g/mol. The van der Waals surface area contributed by atoms with E-state index in [1.165, 1.54) is 11.8 Å². The molecule has 0 heterocycles. The number of aliphatic carboxylic acids is 1. The van der Waals surface area contributed by atoms with Crippen molar-refractivity contribution in [3.63, 3.8) is 0 Å². The third-order valence-corrected chi connectivity index (χ3v) is 3.02. The molecule has 0 rings (SSSR count). The number of nitrogens with zero attached hydrogens (tertiary/aromatic N) is 1. The fourth-order valence-corrected chi connectivity index (χ4v) is 2.16. The summed E-state index contributed by atoms with van der Waals surface area (Å²) in [5.41, 5.74) is 0.526. The van der Waals surface area contributed by atoms with Gasteiger partial charge in [0, 0.05) is 11.3 Å². The van der Waals surface area contributed by atoms with Gasteiger partial charge in [0.1, 0.15) is 0 Å². The smallest absolute Gasteiger partial charge is 0.303 e. The first-order valence-electron chi connectivity index (χ1n) is 5.19. The second-order valence-corrected chi connectivity index (χ2v) is 4.24. The zero-order valence-electron chi connectivity index (χ0n) is 9.60. The van der Waals surface area contributed by atoms with Gasteiger partial charge in [0.25, 0.3) is 0 Å². The van der Waals surface area contributed by atoms with Gasteiger partial charge < -0.3 is 5.11 Å². The van der Waals surface area contributed by atoms with Crippen LogP contribution in [0.2, 0.25) is 0 Å². The van der Waals surface area contributed by atoms with Gasteiger partial charge in [-0.05, 0) is 30.7 Å². The third-order valence-electron chi connectivity index (χ3n) is 1.84. The standard InChI is InChI=1S/C11H17NO3S/c1-3-6-10(9(4-2)12-15)16-8-5-7-11(13)14/h3,6H,4-5,7-8H2,1-2H3,(H,13,14)/b6-3-,10-9-. The van der Waals surface area contributed by atoms with Crippen LogP contribution >= 0.6 is 11.8 Å². The zero-order valence-corrected chi connectivity index (χ0v) is 10.4. The van der Waals surface area contributed by atoms with Crippen LogP contribution in [0.15, 0.2) is 27.9 Å². The number of allylic oxidation sites excluding steroid dienone is 3. The number of nitroso groups, excluding NO2 is 1. The Hall–Kier alpha value is -1.10. The summed E-state index contributed by atoms with van der Waals surface area (Å²) in [6.07, 6.45) is 5.03. The summed E-state index contributed by atoms with van der Waals surface area (Å²) >= 11 is 1.48. The van der Waals surface area contributed by atoms with E-state index in [1.807, 2.05) is 26.0 Å². The normalized spacial score (nSPS) is 12.6. The Morgan fingerprint density at radius 2 is 2.19 bits per heavy atom. The highest BCUT2D eigenvalue weighted by atomic mass is 32.2. The molecule has 0 fully saturated rings. The van der Waals surface area contributed by atoms with Gasteiger partial charge in [-0.2, -0.15) is 0 Å². The van der Waals surface area contributed by atoms with Gasteiger partial charge in [0.15, 0.2) is 0 Å². The molecule has 0 aliphatic rings. The van der Waals surface area contributed by atoms with Crippen molar-refractivity contribution < 1.29 is 9.90 Å². The van der Waals surface area contributed by atoms with E-state index < -0.39 is 5.97 Å². The van der Waals surface area contributed by atoms with Crippen LogP contribution in [0.3, 0.4) is 0 Å². The molecule has 1 N–H and O–H groups in total. The summed E-state index contributed by atoms with van der Waals surface area (Å²) in [5.74, 6) is -0.105. The van der Waals surface area contributed by atoms with Crippen molar-refractivity contribution in [3.8, 4) is 0 Å². The first-order chi connectivity index (χ1) is 7.65. The largest absolute Gasteiger partial charge is 0.481 e. The van der Waals surface area contributed by atoms with Gasteiger partial charge in [-0.3, -0.25) is 4.79 Å². The van der Waals surface area contributed by atoms with Crippen molar-refractivity contribution in [2.45, 2.75) is 33.1 Å². The molecule has 5 heteroatoms. The summed E-state index contributed by atoms with van der Waals surface area (Å²) in [5, 5.41) is 11.5. The fourth-order valence-electron chi connectivity index (χ4n) is 1.07. The van der Waals surface area contributed by atoms with Crippen LogP contribution < -0.4 is 0 Å². The highest BCUT2D eigenvalue weighted by Crippen LogP contribution is 2.25. The molecule has 0 bridgehead atoms. The highest BCUT2D eigenvalue weighted by Gasteiger charge is 2.04. The molecule has 0 aromatic heterocycles. The molecule has 16 heavy (non-hydrogen) atoms. The molecule has 0 aromatic rings. The minimum absolute atomic E-state index is 0.159. The lowest BCUT2D eigenvalue weighted by atomic mass is 10.3. The fraction of sp³-hybridized carbons (Fsp3) is 0.545. The molecule has 0 amide bonds. The van der Waals surface area contributed by atoms with Crippen molar-refractivity contribution in [1.29, 1.82) is 0 Å². The summed E-state index contributed by atoms with van der Waals surface area (Å²) in [7, 11) is 0. The van der Waals surface area contributed by atoms with Crippen molar-refractivity contribution >= 4 is 17.7 Å². The van der Waals surface area contributed by atoms with Crippen molar-refractivity contribution in [2.24, 2.45) is 5.18 Å². The van der Waals surface area contributed by atoms with E-state index in [-0.39, 0.29) is 6.42 Å². The molecule has 0 radical (unpaired) electrons.